The van der Waals surface area contributed by atoms with Crippen LogP contribution in [-0.4, -0.2) is 124 Å². The molecule has 22 nitrogen and oxygen atoms in total. The van der Waals surface area contributed by atoms with Gasteiger partial charge >= 0.3 is 11.9 Å². The zero-order valence-corrected chi connectivity index (χ0v) is 51.3. The van der Waals surface area contributed by atoms with E-state index in [1.807, 2.05) is 27.7 Å². The molecule has 464 valence electrons. The van der Waals surface area contributed by atoms with Crippen LogP contribution in [0.25, 0.3) is 0 Å². The zero-order valence-electron chi connectivity index (χ0n) is 51.3. The number of nitrogens with one attached hydrogen (secondary N) is 8. The molecule has 0 saturated heterocycles. The first-order valence-corrected chi connectivity index (χ1v) is 29.7. The van der Waals surface area contributed by atoms with Gasteiger partial charge in [-0.1, -0.05) is 154 Å². The van der Waals surface area contributed by atoms with Crippen molar-refractivity contribution in [3.63, 3.8) is 0 Å². The lowest BCUT2D eigenvalue weighted by atomic mass is 9.97. The van der Waals surface area contributed by atoms with Gasteiger partial charge in [0.25, 0.3) is 0 Å². The molecular weight excluding hydrogens is 1040 g/mol. The predicted molar refractivity (Wildman–Crippen MR) is 311 cm³/mol. The first-order chi connectivity index (χ1) is 37.8. The molecule has 0 radical (unpaired) electrons. The third-order valence-corrected chi connectivity index (χ3v) is 14.0. The quantitative estimate of drug-likeness (QED) is 0.0273. The van der Waals surface area contributed by atoms with Crippen LogP contribution < -0.4 is 48.3 Å². The molecule has 0 aliphatic heterocycles. The fourth-order valence-corrected chi connectivity index (χ4v) is 8.90. The van der Waals surface area contributed by atoms with Crippen LogP contribution in [0, 0.1) is 41.4 Å². The minimum atomic E-state index is -1.75. The Morgan fingerprint density at radius 2 is 0.815 bits per heavy atom. The number of hydrogen-bond donors (Lipinski definition) is 11. The van der Waals surface area contributed by atoms with Gasteiger partial charge in [0.2, 0.25) is 53.2 Å². The molecule has 0 spiro atoms. The Morgan fingerprint density at radius 1 is 0.432 bits per heavy atom. The van der Waals surface area contributed by atoms with Gasteiger partial charge in [0, 0.05) is 6.42 Å². The van der Waals surface area contributed by atoms with Crippen LogP contribution in [0.5, 0.6) is 0 Å². The number of amides is 9. The maximum absolute atomic E-state index is 14.3. The average Bonchev–Trinajstić information content (AvgIpc) is 3.39. The molecule has 0 bridgehead atoms. The second-order valence-electron chi connectivity index (χ2n) is 24.0. The van der Waals surface area contributed by atoms with Gasteiger partial charge in [-0.3, -0.25) is 47.9 Å². The van der Waals surface area contributed by atoms with E-state index in [9.17, 15) is 63.0 Å². The summed E-state index contributed by atoms with van der Waals surface area (Å²) in [7, 11) is 0. The molecule has 0 fully saturated rings. The first-order valence-electron chi connectivity index (χ1n) is 29.7. The minimum absolute atomic E-state index is 0.0427. The molecule has 0 aliphatic carbocycles. The van der Waals surface area contributed by atoms with E-state index in [-0.39, 0.29) is 62.2 Å². The van der Waals surface area contributed by atoms with E-state index in [4.69, 9.17) is 5.73 Å². The standard InChI is InChI=1S/C59H105N9O13/c1-15-39(13)25-23-21-19-17-18-20-22-24-26-48(70)61-41(27-28-47(60)69)52(73)62-42(29-34(3)4)53(74)63-43(30-35(5)6)54(75)64-44(31-36(7)8)56(77)67-50(38(11)12)58(79)66-46(33-49(71)72)55(76)65-45(32-37(9)10)57(78)68-51(59(80)81)40(14)16-2/h24,26,34-46,50-51H,15-23,25,27-33H2,1-14H3,(H2,60,69)(H,61,70)(H,62,73)(H,63,74)(H,64,75)(H,65,76)(H,66,79)(H,67,77)(H,68,78)(H,71,72)(H,80,81)/b26-24+/t39?,40-,41-,42-,43-,44+,45+,46-,50-,51-/m0/s1. The van der Waals surface area contributed by atoms with Gasteiger partial charge in [-0.05, 0) is 92.4 Å². The molecule has 1 unspecified atom stereocenters. The van der Waals surface area contributed by atoms with Gasteiger partial charge in [-0.2, -0.15) is 0 Å². The number of carbonyl (C=O) groups excluding carboxylic acids is 9. The number of primary amides is 1. The summed E-state index contributed by atoms with van der Waals surface area (Å²) in [5.74, 6) is -10.9. The average molecular weight is 1150 g/mol. The fourth-order valence-electron chi connectivity index (χ4n) is 8.90. The van der Waals surface area contributed by atoms with Crippen LogP contribution in [0.3, 0.4) is 0 Å². The predicted octanol–water partition coefficient (Wildman–Crippen LogP) is 5.30. The summed E-state index contributed by atoms with van der Waals surface area (Å²) in [4.78, 5) is 147. The molecule has 0 aromatic rings. The zero-order chi connectivity index (χ0) is 62.1. The molecular formula is C59H105N9O13. The van der Waals surface area contributed by atoms with E-state index in [2.05, 4.69) is 56.4 Å². The summed E-state index contributed by atoms with van der Waals surface area (Å²) in [6, 6.07) is -10.7. The monoisotopic (exact) mass is 1150 g/mol. The number of aliphatic carboxylic acids is 2. The van der Waals surface area contributed by atoms with Crippen LogP contribution in [0.2, 0.25) is 0 Å². The lowest BCUT2D eigenvalue weighted by Crippen LogP contribution is -2.61. The Bertz CT molecular complexity index is 2050. The maximum Gasteiger partial charge on any atom is 0.326 e. The van der Waals surface area contributed by atoms with Crippen molar-refractivity contribution in [2.75, 3.05) is 0 Å². The third kappa shape index (κ3) is 32.8. The van der Waals surface area contributed by atoms with E-state index in [0.717, 1.165) is 25.2 Å². The summed E-state index contributed by atoms with van der Waals surface area (Å²) < 4.78 is 0. The minimum Gasteiger partial charge on any atom is -0.481 e. The number of allylic oxidation sites excluding steroid dienone is 1. The lowest BCUT2D eigenvalue weighted by Gasteiger charge is -2.30. The SMILES string of the molecule is CCC(C)CCCCCCCC/C=C/C(=O)N[C@@H](CCC(N)=O)C(=O)N[C@@H](CC(C)C)C(=O)N[C@@H](CC(C)C)C(=O)N[C@H](CC(C)C)C(=O)N[C@H](C(=O)N[C@@H](CC(=O)O)C(=O)N[C@H](CC(C)C)C(=O)N[C@H](C(=O)O)[C@@H](C)CC)C(C)C. The number of unbranched alkanes of at least 4 members (excludes halogenated alkanes) is 6. The highest BCUT2D eigenvalue weighted by molar-refractivity contribution is 5.99. The number of carboxylic acid groups (broad SMARTS) is 2. The van der Waals surface area contributed by atoms with E-state index in [1.165, 1.54) is 38.2 Å². The maximum atomic E-state index is 14.3. The number of carbonyl (C=O) groups is 11. The number of rotatable bonds is 43. The molecule has 22 heteroatoms. The molecule has 0 rings (SSSR count). The van der Waals surface area contributed by atoms with E-state index < -0.39 is 132 Å². The van der Waals surface area contributed by atoms with Crippen molar-refractivity contribution >= 4 is 65.1 Å². The lowest BCUT2D eigenvalue weighted by molar-refractivity contribution is -0.144. The Labute approximate surface area is 482 Å². The van der Waals surface area contributed by atoms with Gasteiger partial charge in [0.05, 0.1) is 6.42 Å². The first kappa shape index (κ1) is 74.9. The second kappa shape index (κ2) is 40.2. The molecule has 9 amide bonds. The Balaban J connectivity index is 6.43. The Hall–Kier alpha value is -6.09. The van der Waals surface area contributed by atoms with Gasteiger partial charge in [0.15, 0.2) is 0 Å². The molecule has 0 aliphatic rings. The van der Waals surface area contributed by atoms with Crippen LogP contribution in [0.4, 0.5) is 0 Å². The smallest absolute Gasteiger partial charge is 0.326 e. The van der Waals surface area contributed by atoms with Crippen molar-refractivity contribution in [3.05, 3.63) is 12.2 Å². The molecule has 0 aromatic carbocycles. The van der Waals surface area contributed by atoms with E-state index >= 15 is 0 Å². The van der Waals surface area contributed by atoms with Crippen molar-refractivity contribution in [2.45, 2.75) is 254 Å². The number of carboxylic acids is 2. The van der Waals surface area contributed by atoms with Gasteiger partial charge in [-0.25, -0.2) is 4.79 Å². The summed E-state index contributed by atoms with van der Waals surface area (Å²) in [5, 5.41) is 40.5. The number of hydrogen-bond acceptors (Lipinski definition) is 11. The highest BCUT2D eigenvalue weighted by atomic mass is 16.4. The van der Waals surface area contributed by atoms with Crippen molar-refractivity contribution in [2.24, 2.45) is 47.2 Å². The van der Waals surface area contributed by atoms with Crippen molar-refractivity contribution in [3.8, 4) is 0 Å². The van der Waals surface area contributed by atoms with Crippen LogP contribution >= 0.6 is 0 Å². The van der Waals surface area contributed by atoms with Crippen LogP contribution in [0.15, 0.2) is 12.2 Å². The largest absolute Gasteiger partial charge is 0.481 e. The normalized spacial score (nSPS) is 15.3. The topological polar surface area (TPSA) is 350 Å². The summed E-state index contributed by atoms with van der Waals surface area (Å²) in [6.45, 7) is 25.5. The van der Waals surface area contributed by atoms with Crippen molar-refractivity contribution in [1.82, 2.24) is 42.5 Å². The number of nitrogens with two attached hydrogens (primary N) is 1. The van der Waals surface area contributed by atoms with E-state index in [0.29, 0.717) is 12.8 Å². The van der Waals surface area contributed by atoms with E-state index in [1.54, 1.807) is 61.5 Å². The third-order valence-electron chi connectivity index (χ3n) is 14.0. The molecule has 0 heterocycles. The molecule has 81 heavy (non-hydrogen) atoms. The van der Waals surface area contributed by atoms with Gasteiger partial charge in [-0.15, -0.1) is 0 Å². The van der Waals surface area contributed by atoms with Crippen LogP contribution in [-0.2, 0) is 52.7 Å². The van der Waals surface area contributed by atoms with Crippen LogP contribution in [0.1, 0.15) is 206 Å². The molecule has 12 N–H and O–H groups in total. The van der Waals surface area contributed by atoms with Gasteiger partial charge < -0.3 is 58.5 Å². The van der Waals surface area contributed by atoms with Crippen molar-refractivity contribution < 1.29 is 63.0 Å². The highest BCUT2D eigenvalue weighted by Crippen LogP contribution is 2.17. The summed E-state index contributed by atoms with van der Waals surface area (Å²) in [5.41, 5.74) is 5.43. The molecule has 0 aromatic heterocycles. The fraction of sp³-hybridized carbons (Fsp3) is 0.780. The van der Waals surface area contributed by atoms with Gasteiger partial charge in [0.1, 0.15) is 48.3 Å². The molecule has 10 atom stereocenters. The Kier molecular flexibility index (Phi) is 37.1. The molecule has 0 saturated carbocycles. The second-order valence-corrected chi connectivity index (χ2v) is 24.0. The summed E-state index contributed by atoms with van der Waals surface area (Å²) >= 11 is 0. The summed E-state index contributed by atoms with van der Waals surface area (Å²) in [6.07, 6.45) is 12.3. The highest BCUT2D eigenvalue weighted by Gasteiger charge is 2.37. The van der Waals surface area contributed by atoms with Crippen molar-refractivity contribution in [1.29, 1.82) is 0 Å². The Morgan fingerprint density at radius 3 is 1.20 bits per heavy atom.